The van der Waals surface area contributed by atoms with Gasteiger partial charge in [0.15, 0.2) is 11.3 Å². The number of primary amides is 1. The molecule has 5 rings (SSSR count). The maximum atomic E-state index is 13.7. The molecule has 0 saturated heterocycles. The first-order valence-electron chi connectivity index (χ1n) is 10.4. The Hall–Kier alpha value is -5.05. The van der Waals surface area contributed by atoms with Crippen molar-refractivity contribution in [2.75, 3.05) is 7.11 Å². The van der Waals surface area contributed by atoms with Gasteiger partial charge in [0.2, 0.25) is 5.91 Å². The molecule has 35 heavy (non-hydrogen) atoms. The SMILES string of the molecule is COc1ccc2c3oc(=O)c(Oc4cccc(C(N)=O)c4)c(O)c3c(=O)n(-c3ccccc3)c2c1. The highest BCUT2D eigenvalue weighted by Crippen LogP contribution is 2.36. The van der Waals surface area contributed by atoms with Crippen molar-refractivity contribution in [2.24, 2.45) is 5.73 Å². The molecule has 0 fully saturated rings. The van der Waals surface area contributed by atoms with Crippen LogP contribution in [0.4, 0.5) is 0 Å². The number of amides is 1. The predicted octanol–water partition coefficient (Wildman–Crippen LogP) is 3.70. The molecule has 0 radical (unpaired) electrons. The number of benzene rings is 3. The van der Waals surface area contributed by atoms with Crippen LogP contribution >= 0.6 is 0 Å². The number of para-hydroxylation sites is 1. The molecule has 2 heterocycles. The van der Waals surface area contributed by atoms with Crippen LogP contribution in [0.15, 0.2) is 86.8 Å². The number of methoxy groups -OCH3 is 1. The summed E-state index contributed by atoms with van der Waals surface area (Å²) >= 11 is 0. The Labute approximate surface area is 197 Å². The highest BCUT2D eigenvalue weighted by molar-refractivity contribution is 6.05. The van der Waals surface area contributed by atoms with Crippen LogP contribution in [0.5, 0.6) is 23.0 Å². The molecule has 0 spiro atoms. The van der Waals surface area contributed by atoms with E-state index in [1.54, 1.807) is 48.5 Å². The van der Waals surface area contributed by atoms with Gasteiger partial charge in [0, 0.05) is 22.7 Å². The van der Waals surface area contributed by atoms with Gasteiger partial charge in [-0.3, -0.25) is 14.2 Å². The van der Waals surface area contributed by atoms with Crippen molar-refractivity contribution in [3.05, 3.63) is 99.1 Å². The summed E-state index contributed by atoms with van der Waals surface area (Å²) < 4.78 is 17.8. The minimum atomic E-state index is -1.01. The number of aromatic hydroxyl groups is 1. The van der Waals surface area contributed by atoms with Crippen molar-refractivity contribution in [2.45, 2.75) is 0 Å². The average molecular weight is 470 g/mol. The van der Waals surface area contributed by atoms with E-state index in [1.807, 2.05) is 0 Å². The Morgan fingerprint density at radius 2 is 1.74 bits per heavy atom. The Kier molecular flexibility index (Phi) is 5.21. The molecule has 3 N–H and O–H groups in total. The molecule has 174 valence electrons. The number of carbonyl (C=O) groups is 1. The van der Waals surface area contributed by atoms with Gasteiger partial charge >= 0.3 is 5.63 Å². The number of nitrogens with zero attached hydrogens (tertiary/aromatic N) is 1. The van der Waals surface area contributed by atoms with Gasteiger partial charge in [0.25, 0.3) is 11.3 Å². The maximum Gasteiger partial charge on any atom is 0.383 e. The fourth-order valence-electron chi connectivity index (χ4n) is 3.89. The van der Waals surface area contributed by atoms with Crippen LogP contribution in [0.1, 0.15) is 10.4 Å². The molecule has 0 aliphatic rings. The van der Waals surface area contributed by atoms with Gasteiger partial charge in [-0.25, -0.2) is 4.79 Å². The summed E-state index contributed by atoms with van der Waals surface area (Å²) in [6, 6.07) is 19.5. The second-order valence-corrected chi connectivity index (χ2v) is 7.62. The van der Waals surface area contributed by atoms with E-state index >= 15 is 0 Å². The molecular formula is C26H18N2O7. The third-order valence-electron chi connectivity index (χ3n) is 5.52. The predicted molar refractivity (Wildman–Crippen MR) is 129 cm³/mol. The largest absolute Gasteiger partial charge is 0.503 e. The zero-order valence-electron chi connectivity index (χ0n) is 18.3. The summed E-state index contributed by atoms with van der Waals surface area (Å²) in [6.45, 7) is 0. The summed E-state index contributed by atoms with van der Waals surface area (Å²) in [7, 11) is 1.50. The highest BCUT2D eigenvalue weighted by atomic mass is 16.5. The van der Waals surface area contributed by atoms with Crippen LogP contribution in [0.25, 0.3) is 27.6 Å². The highest BCUT2D eigenvalue weighted by Gasteiger charge is 2.24. The third kappa shape index (κ3) is 3.65. The smallest absolute Gasteiger partial charge is 0.383 e. The minimum Gasteiger partial charge on any atom is -0.503 e. The number of aromatic nitrogens is 1. The van der Waals surface area contributed by atoms with Crippen molar-refractivity contribution in [3.63, 3.8) is 0 Å². The molecule has 5 aromatic rings. The number of nitrogens with two attached hydrogens (primary N) is 1. The molecule has 0 saturated carbocycles. The molecule has 0 atom stereocenters. The van der Waals surface area contributed by atoms with E-state index in [0.717, 1.165) is 0 Å². The lowest BCUT2D eigenvalue weighted by Crippen LogP contribution is -2.20. The van der Waals surface area contributed by atoms with Crippen molar-refractivity contribution >= 4 is 27.8 Å². The third-order valence-corrected chi connectivity index (χ3v) is 5.52. The lowest BCUT2D eigenvalue weighted by molar-refractivity contribution is 0.1000. The van der Waals surface area contributed by atoms with E-state index in [4.69, 9.17) is 19.6 Å². The van der Waals surface area contributed by atoms with Gasteiger partial charge in [0.05, 0.1) is 12.6 Å². The molecule has 3 aromatic carbocycles. The number of ether oxygens (including phenoxy) is 2. The van der Waals surface area contributed by atoms with E-state index in [0.29, 0.717) is 22.3 Å². The van der Waals surface area contributed by atoms with Gasteiger partial charge < -0.3 is 24.7 Å². The van der Waals surface area contributed by atoms with E-state index in [9.17, 15) is 19.5 Å². The van der Waals surface area contributed by atoms with Crippen molar-refractivity contribution in [1.29, 1.82) is 0 Å². The molecule has 0 aliphatic carbocycles. The number of hydrogen-bond acceptors (Lipinski definition) is 7. The van der Waals surface area contributed by atoms with Crippen LogP contribution in [0.3, 0.4) is 0 Å². The zero-order chi connectivity index (χ0) is 24.7. The minimum absolute atomic E-state index is 0.0529. The molecule has 1 amide bonds. The molecule has 0 unspecified atom stereocenters. The number of fused-ring (bicyclic) bond motifs is 3. The standard InChI is InChI=1S/C26H18N2O7/c1-33-16-10-11-18-19(13-16)28(15-7-3-2-4-8-15)25(31)20-21(29)23(26(32)35-22(18)20)34-17-9-5-6-14(12-17)24(27)30/h2-13,29H,1H3,(H2,27,30). The summed E-state index contributed by atoms with van der Waals surface area (Å²) in [6.07, 6.45) is 0. The van der Waals surface area contributed by atoms with Crippen LogP contribution in [-0.2, 0) is 0 Å². The monoisotopic (exact) mass is 470 g/mol. The number of carbonyl (C=O) groups excluding carboxylic acids is 1. The molecular weight excluding hydrogens is 452 g/mol. The van der Waals surface area contributed by atoms with Gasteiger partial charge in [-0.1, -0.05) is 24.3 Å². The summed E-state index contributed by atoms with van der Waals surface area (Å²) in [5, 5.41) is 11.2. The van der Waals surface area contributed by atoms with Gasteiger partial charge in [-0.2, -0.15) is 0 Å². The van der Waals surface area contributed by atoms with E-state index in [1.165, 1.54) is 35.9 Å². The van der Waals surface area contributed by atoms with Gasteiger partial charge in [-0.05, 0) is 42.5 Å². The number of hydrogen-bond donors (Lipinski definition) is 2. The summed E-state index contributed by atoms with van der Waals surface area (Å²) in [4.78, 5) is 38.0. The van der Waals surface area contributed by atoms with Crippen LogP contribution in [0, 0.1) is 0 Å². The Bertz CT molecular complexity index is 1740. The van der Waals surface area contributed by atoms with E-state index < -0.39 is 28.6 Å². The first-order chi connectivity index (χ1) is 16.9. The second-order valence-electron chi connectivity index (χ2n) is 7.62. The quantitative estimate of drug-likeness (QED) is 0.374. The Morgan fingerprint density at radius 1 is 0.971 bits per heavy atom. The van der Waals surface area contributed by atoms with Crippen molar-refractivity contribution < 1.29 is 23.8 Å². The second kappa shape index (κ2) is 8.38. The first kappa shape index (κ1) is 21.8. The fourth-order valence-corrected chi connectivity index (χ4v) is 3.89. The molecule has 0 aliphatic heterocycles. The molecule has 9 heteroatoms. The maximum absolute atomic E-state index is 13.7. The molecule has 2 aromatic heterocycles. The molecule has 0 bridgehead atoms. The first-order valence-corrected chi connectivity index (χ1v) is 10.4. The van der Waals surface area contributed by atoms with E-state index in [-0.39, 0.29) is 22.3 Å². The summed E-state index contributed by atoms with van der Waals surface area (Å²) in [5.41, 5.74) is 4.64. The lowest BCUT2D eigenvalue weighted by atomic mass is 10.1. The van der Waals surface area contributed by atoms with Crippen LogP contribution in [-0.4, -0.2) is 22.7 Å². The van der Waals surface area contributed by atoms with Crippen molar-refractivity contribution in [3.8, 4) is 28.7 Å². The Morgan fingerprint density at radius 3 is 2.46 bits per heavy atom. The number of rotatable bonds is 5. The Balaban J connectivity index is 1.83. The lowest BCUT2D eigenvalue weighted by Gasteiger charge is -2.15. The van der Waals surface area contributed by atoms with Gasteiger partial charge in [0.1, 0.15) is 16.9 Å². The average Bonchev–Trinajstić information content (AvgIpc) is 2.86. The fraction of sp³-hybridized carbons (Fsp3) is 0.0385. The van der Waals surface area contributed by atoms with Crippen molar-refractivity contribution in [1.82, 2.24) is 4.57 Å². The molecule has 9 nitrogen and oxygen atoms in total. The zero-order valence-corrected chi connectivity index (χ0v) is 18.3. The van der Waals surface area contributed by atoms with E-state index in [2.05, 4.69) is 0 Å². The van der Waals surface area contributed by atoms with Crippen LogP contribution < -0.4 is 26.4 Å². The topological polar surface area (TPSA) is 134 Å². The van der Waals surface area contributed by atoms with Gasteiger partial charge in [-0.15, -0.1) is 0 Å². The normalized spacial score (nSPS) is 11.0. The van der Waals surface area contributed by atoms with Crippen LogP contribution in [0.2, 0.25) is 0 Å². The summed E-state index contributed by atoms with van der Waals surface area (Å²) in [5.74, 6) is -1.44. The number of pyridine rings is 1.